The van der Waals surface area contributed by atoms with E-state index >= 15 is 0 Å². The lowest BCUT2D eigenvalue weighted by atomic mass is 10.3. The SMILES string of the molecule is COc1nccnc1-c1nc(C(F)(F)F)c(Oc2ccc(Cl)c(Cl)c2)c(=O)[nH]1. The van der Waals surface area contributed by atoms with Crippen LogP contribution < -0.4 is 15.0 Å². The van der Waals surface area contributed by atoms with Gasteiger partial charge in [-0.2, -0.15) is 13.2 Å². The Bertz CT molecular complexity index is 1090. The van der Waals surface area contributed by atoms with Gasteiger partial charge in [-0.15, -0.1) is 0 Å². The van der Waals surface area contributed by atoms with Crippen LogP contribution in [-0.4, -0.2) is 27.0 Å². The van der Waals surface area contributed by atoms with Gasteiger partial charge in [-0.3, -0.25) is 4.79 Å². The summed E-state index contributed by atoms with van der Waals surface area (Å²) in [6.45, 7) is 0. The number of hydrogen-bond acceptors (Lipinski definition) is 6. The van der Waals surface area contributed by atoms with E-state index in [9.17, 15) is 18.0 Å². The number of benzene rings is 1. The maximum Gasteiger partial charge on any atom is 0.437 e. The molecule has 1 aromatic carbocycles. The minimum absolute atomic E-state index is 0.0398. The monoisotopic (exact) mass is 432 g/mol. The Morgan fingerprint density at radius 3 is 2.46 bits per heavy atom. The Morgan fingerprint density at radius 2 is 1.82 bits per heavy atom. The van der Waals surface area contributed by atoms with E-state index in [0.717, 1.165) is 0 Å². The van der Waals surface area contributed by atoms with E-state index < -0.39 is 29.0 Å². The number of ether oxygens (including phenoxy) is 2. The average molecular weight is 433 g/mol. The number of H-pyrrole nitrogens is 1. The van der Waals surface area contributed by atoms with Crippen molar-refractivity contribution in [2.45, 2.75) is 6.18 Å². The number of alkyl halides is 3. The second-order valence-corrected chi connectivity index (χ2v) is 6.00. The van der Waals surface area contributed by atoms with Gasteiger partial charge in [0.1, 0.15) is 5.75 Å². The standard InChI is InChI=1S/C16H9Cl2F3N4O3/c1-27-15-10(22-4-5-23-15)13-24-12(16(19,20)21)11(14(26)25-13)28-7-2-3-8(17)9(18)6-7/h2-6H,1H3,(H,24,25,26). The van der Waals surface area contributed by atoms with Crippen LogP contribution >= 0.6 is 23.2 Å². The number of methoxy groups -OCH3 is 1. The largest absolute Gasteiger partial charge is 0.479 e. The van der Waals surface area contributed by atoms with Gasteiger partial charge >= 0.3 is 6.18 Å². The van der Waals surface area contributed by atoms with Crippen LogP contribution in [0, 0.1) is 0 Å². The lowest BCUT2D eigenvalue weighted by Gasteiger charge is -2.14. The van der Waals surface area contributed by atoms with Crippen molar-refractivity contribution < 1.29 is 22.6 Å². The summed E-state index contributed by atoms with van der Waals surface area (Å²) in [6, 6.07) is 3.74. The van der Waals surface area contributed by atoms with Gasteiger partial charge in [0.05, 0.1) is 17.2 Å². The van der Waals surface area contributed by atoms with Crippen LogP contribution in [0.2, 0.25) is 10.0 Å². The van der Waals surface area contributed by atoms with E-state index in [1.807, 2.05) is 0 Å². The minimum Gasteiger partial charge on any atom is -0.479 e. The summed E-state index contributed by atoms with van der Waals surface area (Å²) in [6.07, 6.45) is -2.51. The van der Waals surface area contributed by atoms with Gasteiger partial charge in [-0.05, 0) is 12.1 Å². The first-order chi connectivity index (χ1) is 13.2. The molecule has 3 rings (SSSR count). The molecule has 12 heteroatoms. The molecule has 0 bridgehead atoms. The highest BCUT2D eigenvalue weighted by molar-refractivity contribution is 6.42. The molecule has 0 radical (unpaired) electrons. The molecule has 0 spiro atoms. The van der Waals surface area contributed by atoms with Crippen molar-refractivity contribution in [2.75, 3.05) is 7.11 Å². The Balaban J connectivity index is 2.16. The second kappa shape index (κ2) is 7.64. The molecule has 0 amide bonds. The van der Waals surface area contributed by atoms with Crippen LogP contribution in [-0.2, 0) is 6.18 Å². The Hall–Kier alpha value is -2.85. The first kappa shape index (κ1) is 19.9. The number of aromatic nitrogens is 4. The summed E-state index contributed by atoms with van der Waals surface area (Å²) in [7, 11) is 1.25. The fraction of sp³-hybridized carbons (Fsp3) is 0.125. The molecular weight excluding hydrogens is 424 g/mol. The topological polar surface area (TPSA) is 90.0 Å². The molecule has 0 fully saturated rings. The molecule has 28 heavy (non-hydrogen) atoms. The molecule has 0 saturated carbocycles. The molecule has 7 nitrogen and oxygen atoms in total. The van der Waals surface area contributed by atoms with Crippen LogP contribution in [0.5, 0.6) is 17.4 Å². The normalized spacial score (nSPS) is 11.4. The molecule has 0 aliphatic heterocycles. The van der Waals surface area contributed by atoms with Crippen molar-refractivity contribution in [3.63, 3.8) is 0 Å². The minimum atomic E-state index is -5.00. The van der Waals surface area contributed by atoms with Crippen LogP contribution in [0.3, 0.4) is 0 Å². The van der Waals surface area contributed by atoms with Gasteiger partial charge in [0.25, 0.3) is 5.56 Å². The average Bonchev–Trinajstić information content (AvgIpc) is 2.65. The number of aromatic amines is 1. The van der Waals surface area contributed by atoms with E-state index in [2.05, 4.69) is 19.9 Å². The molecule has 146 valence electrons. The van der Waals surface area contributed by atoms with Gasteiger partial charge in [0.15, 0.2) is 17.2 Å². The number of hydrogen-bond donors (Lipinski definition) is 1. The van der Waals surface area contributed by atoms with Gasteiger partial charge in [-0.25, -0.2) is 15.0 Å². The predicted molar refractivity (Wildman–Crippen MR) is 94.0 cm³/mol. The molecule has 3 aromatic rings. The summed E-state index contributed by atoms with van der Waals surface area (Å²) < 4.78 is 50.7. The maximum absolute atomic E-state index is 13.5. The highest BCUT2D eigenvalue weighted by Crippen LogP contribution is 2.37. The van der Waals surface area contributed by atoms with Crippen molar-refractivity contribution in [1.29, 1.82) is 0 Å². The third kappa shape index (κ3) is 4.02. The lowest BCUT2D eigenvalue weighted by Crippen LogP contribution is -2.21. The Labute approximate surface area is 165 Å². The summed E-state index contributed by atoms with van der Waals surface area (Å²) in [5.74, 6) is -1.78. The molecular formula is C16H9Cl2F3N4O3. The molecule has 0 aliphatic rings. The zero-order valence-electron chi connectivity index (χ0n) is 13.8. The van der Waals surface area contributed by atoms with E-state index in [4.69, 9.17) is 32.7 Å². The number of halogens is 5. The molecule has 0 atom stereocenters. The molecule has 0 aliphatic carbocycles. The van der Waals surface area contributed by atoms with Crippen molar-refractivity contribution in [2.24, 2.45) is 0 Å². The summed E-state index contributed by atoms with van der Waals surface area (Å²) >= 11 is 11.6. The van der Waals surface area contributed by atoms with E-state index in [-0.39, 0.29) is 27.4 Å². The molecule has 1 N–H and O–H groups in total. The quantitative estimate of drug-likeness (QED) is 0.658. The summed E-state index contributed by atoms with van der Waals surface area (Å²) in [5.41, 5.74) is -2.91. The zero-order chi connectivity index (χ0) is 20.5. The smallest absolute Gasteiger partial charge is 0.437 e. The first-order valence-corrected chi connectivity index (χ1v) is 8.16. The van der Waals surface area contributed by atoms with Gasteiger partial charge in [0, 0.05) is 18.5 Å². The Morgan fingerprint density at radius 1 is 1.11 bits per heavy atom. The van der Waals surface area contributed by atoms with Crippen molar-refractivity contribution >= 4 is 23.2 Å². The van der Waals surface area contributed by atoms with Crippen LogP contribution in [0.4, 0.5) is 13.2 Å². The zero-order valence-corrected chi connectivity index (χ0v) is 15.4. The van der Waals surface area contributed by atoms with Crippen molar-refractivity contribution in [1.82, 2.24) is 19.9 Å². The lowest BCUT2D eigenvalue weighted by molar-refractivity contribution is -0.142. The van der Waals surface area contributed by atoms with Gasteiger partial charge < -0.3 is 14.5 Å². The number of nitrogens with one attached hydrogen (secondary N) is 1. The Kier molecular flexibility index (Phi) is 5.43. The van der Waals surface area contributed by atoms with Crippen molar-refractivity contribution in [3.8, 4) is 28.9 Å². The fourth-order valence-corrected chi connectivity index (χ4v) is 2.44. The van der Waals surface area contributed by atoms with Crippen LogP contribution in [0.1, 0.15) is 5.69 Å². The highest BCUT2D eigenvalue weighted by atomic mass is 35.5. The third-order valence-electron chi connectivity index (χ3n) is 3.34. The number of nitrogens with zero attached hydrogens (tertiary/aromatic N) is 3. The summed E-state index contributed by atoms with van der Waals surface area (Å²) in [4.78, 5) is 25.7. The maximum atomic E-state index is 13.5. The fourth-order valence-electron chi connectivity index (χ4n) is 2.16. The van der Waals surface area contributed by atoms with E-state index in [1.165, 1.54) is 37.7 Å². The number of rotatable bonds is 4. The van der Waals surface area contributed by atoms with Crippen LogP contribution in [0.25, 0.3) is 11.5 Å². The first-order valence-electron chi connectivity index (χ1n) is 7.40. The van der Waals surface area contributed by atoms with Crippen molar-refractivity contribution in [3.05, 3.63) is 56.7 Å². The third-order valence-corrected chi connectivity index (χ3v) is 4.08. The molecule has 0 saturated heterocycles. The molecule has 2 aromatic heterocycles. The summed E-state index contributed by atoms with van der Waals surface area (Å²) in [5, 5.41) is 0.209. The molecule has 0 unspecified atom stereocenters. The highest BCUT2D eigenvalue weighted by Gasteiger charge is 2.39. The predicted octanol–water partition coefficient (Wildman–Crippen LogP) is 4.35. The van der Waals surface area contributed by atoms with E-state index in [1.54, 1.807) is 0 Å². The van der Waals surface area contributed by atoms with Crippen LogP contribution in [0.15, 0.2) is 35.4 Å². The van der Waals surface area contributed by atoms with Gasteiger partial charge in [-0.1, -0.05) is 23.2 Å². The van der Waals surface area contributed by atoms with Gasteiger partial charge in [0.2, 0.25) is 11.6 Å². The van der Waals surface area contributed by atoms with E-state index in [0.29, 0.717) is 0 Å². The molecule has 2 heterocycles. The second-order valence-electron chi connectivity index (χ2n) is 5.18.